The Hall–Kier alpha value is -3.23. The predicted octanol–water partition coefficient (Wildman–Crippen LogP) is 5.13. The number of amides is 1. The van der Waals surface area contributed by atoms with Gasteiger partial charge >= 0.3 is 5.97 Å². The lowest BCUT2D eigenvalue weighted by atomic mass is 9.94. The highest BCUT2D eigenvalue weighted by Crippen LogP contribution is 2.43. The molecule has 2 aromatic rings. The number of rotatable bonds is 7. The SMILES string of the molecule is CCOC(=O)C1=C(C)N=C2SC=CN2[C@@H]1c1ccccc1OCC(=O)Nc1ccccc1Cl. The summed E-state index contributed by atoms with van der Waals surface area (Å²) in [6.07, 6.45) is 1.88. The highest BCUT2D eigenvalue weighted by molar-refractivity contribution is 8.16. The second kappa shape index (κ2) is 10.1. The van der Waals surface area contributed by atoms with Gasteiger partial charge in [0.15, 0.2) is 11.8 Å². The van der Waals surface area contributed by atoms with E-state index < -0.39 is 12.0 Å². The van der Waals surface area contributed by atoms with Crippen molar-refractivity contribution < 1.29 is 19.1 Å². The largest absolute Gasteiger partial charge is 0.483 e. The van der Waals surface area contributed by atoms with Gasteiger partial charge in [-0.15, -0.1) is 0 Å². The Morgan fingerprint density at radius 1 is 1.18 bits per heavy atom. The van der Waals surface area contributed by atoms with Crippen LogP contribution in [0, 0.1) is 0 Å². The number of nitrogens with zero attached hydrogens (tertiary/aromatic N) is 2. The molecule has 2 heterocycles. The van der Waals surface area contributed by atoms with E-state index in [4.69, 9.17) is 21.1 Å². The number of ether oxygens (including phenoxy) is 2. The van der Waals surface area contributed by atoms with Gasteiger partial charge in [0.25, 0.3) is 5.91 Å². The first-order chi connectivity index (χ1) is 16.0. The molecular formula is C24H22ClN3O4S. The van der Waals surface area contributed by atoms with Crippen LogP contribution in [-0.4, -0.2) is 35.2 Å². The Morgan fingerprint density at radius 2 is 1.94 bits per heavy atom. The summed E-state index contributed by atoms with van der Waals surface area (Å²) < 4.78 is 11.2. The van der Waals surface area contributed by atoms with Gasteiger partial charge in [-0.25, -0.2) is 9.79 Å². The van der Waals surface area contributed by atoms with Gasteiger partial charge in [0, 0.05) is 11.8 Å². The smallest absolute Gasteiger partial charge is 0.338 e. The fourth-order valence-electron chi connectivity index (χ4n) is 3.61. The van der Waals surface area contributed by atoms with Gasteiger partial charge in [-0.1, -0.05) is 53.7 Å². The van der Waals surface area contributed by atoms with Crippen molar-refractivity contribution in [3.8, 4) is 5.75 Å². The molecule has 1 amide bonds. The topological polar surface area (TPSA) is 80.2 Å². The van der Waals surface area contributed by atoms with E-state index >= 15 is 0 Å². The maximum atomic E-state index is 12.9. The third-order valence-corrected chi connectivity index (χ3v) is 6.14. The number of anilines is 1. The number of benzene rings is 2. The lowest BCUT2D eigenvalue weighted by molar-refractivity contribution is -0.139. The van der Waals surface area contributed by atoms with Gasteiger partial charge in [-0.2, -0.15) is 0 Å². The quantitative estimate of drug-likeness (QED) is 0.550. The van der Waals surface area contributed by atoms with Gasteiger partial charge in [-0.3, -0.25) is 4.79 Å². The lowest BCUT2D eigenvalue weighted by Crippen LogP contribution is -2.34. The van der Waals surface area contributed by atoms with E-state index in [9.17, 15) is 9.59 Å². The molecule has 0 unspecified atom stereocenters. The minimum absolute atomic E-state index is 0.224. The first-order valence-corrected chi connectivity index (χ1v) is 11.6. The summed E-state index contributed by atoms with van der Waals surface area (Å²) in [5, 5.41) is 5.86. The van der Waals surface area contributed by atoms with Crippen molar-refractivity contribution in [2.75, 3.05) is 18.5 Å². The number of amidine groups is 1. The van der Waals surface area contributed by atoms with Crippen molar-refractivity contribution in [2.24, 2.45) is 4.99 Å². The summed E-state index contributed by atoms with van der Waals surface area (Å²) in [4.78, 5) is 31.8. The number of para-hydroxylation sites is 2. The van der Waals surface area contributed by atoms with Gasteiger partial charge in [-0.05, 0) is 37.5 Å². The van der Waals surface area contributed by atoms with Gasteiger partial charge < -0.3 is 19.7 Å². The van der Waals surface area contributed by atoms with E-state index in [0.717, 1.165) is 10.7 Å². The summed E-state index contributed by atoms with van der Waals surface area (Å²) in [6.45, 7) is 3.59. The van der Waals surface area contributed by atoms with E-state index in [1.807, 2.05) is 34.7 Å². The van der Waals surface area contributed by atoms with Crippen molar-refractivity contribution >= 4 is 46.1 Å². The predicted molar refractivity (Wildman–Crippen MR) is 130 cm³/mol. The Bertz CT molecular complexity index is 1180. The molecule has 7 nitrogen and oxygen atoms in total. The third-order valence-electron chi connectivity index (χ3n) is 5.04. The van der Waals surface area contributed by atoms with Crippen LogP contribution >= 0.6 is 23.4 Å². The average Bonchev–Trinajstić information content (AvgIpc) is 3.27. The molecule has 0 spiro atoms. The summed E-state index contributed by atoms with van der Waals surface area (Å²) in [5.74, 6) is -0.296. The van der Waals surface area contributed by atoms with Crippen molar-refractivity contribution in [1.29, 1.82) is 0 Å². The Labute approximate surface area is 201 Å². The summed E-state index contributed by atoms with van der Waals surface area (Å²) in [5.41, 5.74) is 2.26. The molecular weight excluding hydrogens is 462 g/mol. The summed E-state index contributed by atoms with van der Waals surface area (Å²) in [6, 6.07) is 13.8. The standard InChI is InChI=1S/C24H22ClN3O4S/c1-3-31-23(30)21-15(2)26-24-28(12-13-33-24)22(21)16-8-4-7-11-19(16)32-14-20(29)27-18-10-6-5-9-17(18)25/h4-13,22H,3,14H2,1-2H3,(H,27,29)/t22-/m1/s1. The molecule has 33 heavy (non-hydrogen) atoms. The molecule has 2 aliphatic heterocycles. The van der Waals surface area contributed by atoms with Crippen LogP contribution in [0.25, 0.3) is 0 Å². The number of allylic oxidation sites excluding steroid dienone is 1. The molecule has 0 aliphatic carbocycles. The number of carbonyl (C=O) groups is 2. The lowest BCUT2D eigenvalue weighted by Gasteiger charge is -2.34. The zero-order valence-electron chi connectivity index (χ0n) is 18.1. The van der Waals surface area contributed by atoms with E-state index in [2.05, 4.69) is 10.3 Å². The molecule has 1 atom stereocenters. The number of hydrogen-bond donors (Lipinski definition) is 1. The van der Waals surface area contributed by atoms with Crippen LogP contribution in [0.1, 0.15) is 25.5 Å². The number of esters is 1. The van der Waals surface area contributed by atoms with Crippen molar-refractivity contribution in [1.82, 2.24) is 4.90 Å². The third kappa shape index (κ3) is 4.91. The zero-order chi connectivity index (χ0) is 23.4. The van der Waals surface area contributed by atoms with Crippen molar-refractivity contribution in [3.63, 3.8) is 0 Å². The zero-order valence-corrected chi connectivity index (χ0v) is 19.7. The molecule has 170 valence electrons. The Kier molecular flexibility index (Phi) is 7.05. The Morgan fingerprint density at radius 3 is 2.73 bits per heavy atom. The molecule has 0 bridgehead atoms. The number of hydrogen-bond acceptors (Lipinski definition) is 7. The van der Waals surface area contributed by atoms with Crippen LogP contribution in [0.4, 0.5) is 5.69 Å². The fourth-order valence-corrected chi connectivity index (χ4v) is 4.58. The van der Waals surface area contributed by atoms with E-state index in [0.29, 0.717) is 27.7 Å². The molecule has 0 radical (unpaired) electrons. The Balaban J connectivity index is 1.61. The normalized spacial score (nSPS) is 16.9. The fraction of sp³-hybridized carbons (Fsp3) is 0.208. The van der Waals surface area contributed by atoms with Crippen LogP contribution in [0.5, 0.6) is 5.75 Å². The van der Waals surface area contributed by atoms with Crippen LogP contribution in [0.3, 0.4) is 0 Å². The number of aliphatic imine (C=N–C) groups is 1. The first-order valence-electron chi connectivity index (χ1n) is 10.3. The maximum Gasteiger partial charge on any atom is 0.338 e. The molecule has 0 aromatic heterocycles. The molecule has 1 N–H and O–H groups in total. The second-order valence-corrected chi connectivity index (χ2v) is 8.46. The maximum absolute atomic E-state index is 12.9. The first kappa shape index (κ1) is 22.9. The minimum atomic E-state index is -0.495. The molecule has 0 saturated heterocycles. The van der Waals surface area contributed by atoms with Crippen LogP contribution in [-0.2, 0) is 14.3 Å². The minimum Gasteiger partial charge on any atom is -0.483 e. The molecule has 0 fully saturated rings. The van der Waals surface area contributed by atoms with E-state index in [1.54, 1.807) is 44.2 Å². The number of thioether (sulfide) groups is 1. The molecule has 2 aromatic carbocycles. The summed E-state index contributed by atoms with van der Waals surface area (Å²) >= 11 is 7.59. The monoisotopic (exact) mass is 483 g/mol. The highest BCUT2D eigenvalue weighted by Gasteiger charge is 2.38. The van der Waals surface area contributed by atoms with Gasteiger partial charge in [0.1, 0.15) is 5.75 Å². The number of fused-ring (bicyclic) bond motifs is 1. The number of nitrogens with one attached hydrogen (secondary N) is 1. The molecule has 2 aliphatic rings. The van der Waals surface area contributed by atoms with Crippen molar-refractivity contribution in [2.45, 2.75) is 19.9 Å². The molecule has 9 heteroatoms. The van der Waals surface area contributed by atoms with Crippen LogP contribution in [0.2, 0.25) is 5.02 Å². The van der Waals surface area contributed by atoms with Crippen LogP contribution < -0.4 is 10.1 Å². The van der Waals surface area contributed by atoms with Crippen LogP contribution in [0.15, 0.2) is 76.4 Å². The van der Waals surface area contributed by atoms with E-state index in [1.165, 1.54) is 11.8 Å². The number of halogens is 1. The van der Waals surface area contributed by atoms with E-state index in [-0.39, 0.29) is 19.1 Å². The summed E-state index contributed by atoms with van der Waals surface area (Å²) in [7, 11) is 0. The average molecular weight is 484 g/mol. The molecule has 4 rings (SSSR count). The molecule has 0 saturated carbocycles. The van der Waals surface area contributed by atoms with Gasteiger partial charge in [0.05, 0.1) is 34.6 Å². The van der Waals surface area contributed by atoms with Crippen molar-refractivity contribution in [3.05, 3.63) is 82.0 Å². The number of carbonyl (C=O) groups excluding carboxylic acids is 2. The highest BCUT2D eigenvalue weighted by atomic mass is 35.5. The van der Waals surface area contributed by atoms with Gasteiger partial charge in [0.2, 0.25) is 0 Å². The second-order valence-electron chi connectivity index (χ2n) is 7.18.